The summed E-state index contributed by atoms with van der Waals surface area (Å²) in [5.41, 5.74) is 4.51. The molecule has 0 N–H and O–H groups in total. The number of fused-ring (bicyclic) bond motifs is 1. The number of anilines is 1. The van der Waals surface area contributed by atoms with Crippen LogP contribution in [0.3, 0.4) is 0 Å². The number of rotatable bonds is 5. The number of hydrogen-bond donors (Lipinski definition) is 0. The normalized spacial score (nSPS) is 13.9. The van der Waals surface area contributed by atoms with Crippen LogP contribution in [0.1, 0.15) is 28.4 Å². The standard InChI is InChI=1S/C28H28N4O2/c1-2-21-12-14-23(15-13-21)27(33)31-18-16-30(17-19-31)26-28(34)32(20-22-8-4-3-5-9-22)25-11-7-6-10-24(25)29-26/h3-15H,2,16-20H2,1H3. The summed E-state index contributed by atoms with van der Waals surface area (Å²) in [4.78, 5) is 35.1. The second kappa shape index (κ2) is 9.51. The van der Waals surface area contributed by atoms with E-state index in [-0.39, 0.29) is 11.5 Å². The van der Waals surface area contributed by atoms with Crippen LogP contribution in [0.15, 0.2) is 83.7 Å². The molecule has 0 aliphatic carbocycles. The molecule has 0 unspecified atom stereocenters. The van der Waals surface area contributed by atoms with Crippen molar-refractivity contribution in [2.75, 3.05) is 31.1 Å². The maximum absolute atomic E-state index is 13.6. The summed E-state index contributed by atoms with van der Waals surface area (Å²) in [6.45, 7) is 4.85. The molecule has 0 radical (unpaired) electrons. The molecule has 1 amide bonds. The van der Waals surface area contributed by atoms with Gasteiger partial charge in [0.2, 0.25) is 0 Å². The van der Waals surface area contributed by atoms with Crippen LogP contribution in [0.2, 0.25) is 0 Å². The lowest BCUT2D eigenvalue weighted by Gasteiger charge is -2.35. The van der Waals surface area contributed by atoms with E-state index in [1.165, 1.54) is 5.56 Å². The smallest absolute Gasteiger partial charge is 0.294 e. The molecule has 0 bridgehead atoms. The zero-order valence-corrected chi connectivity index (χ0v) is 19.4. The van der Waals surface area contributed by atoms with Gasteiger partial charge in [0.25, 0.3) is 11.5 Å². The molecule has 172 valence electrons. The highest BCUT2D eigenvalue weighted by Gasteiger charge is 2.25. The molecule has 6 heteroatoms. The molecule has 1 fully saturated rings. The molecular formula is C28H28N4O2. The third kappa shape index (κ3) is 4.31. The molecule has 0 saturated carbocycles. The Labute approximate surface area is 199 Å². The molecule has 1 saturated heterocycles. The van der Waals surface area contributed by atoms with E-state index < -0.39 is 0 Å². The van der Waals surface area contributed by atoms with Gasteiger partial charge in [-0.3, -0.25) is 14.2 Å². The monoisotopic (exact) mass is 452 g/mol. The average molecular weight is 453 g/mol. The summed E-state index contributed by atoms with van der Waals surface area (Å²) < 4.78 is 1.81. The maximum Gasteiger partial charge on any atom is 0.294 e. The van der Waals surface area contributed by atoms with Gasteiger partial charge in [-0.1, -0.05) is 61.5 Å². The predicted molar refractivity (Wildman–Crippen MR) is 135 cm³/mol. The van der Waals surface area contributed by atoms with Crippen LogP contribution in [0.25, 0.3) is 11.0 Å². The first kappa shape index (κ1) is 21.9. The van der Waals surface area contributed by atoms with E-state index in [0.717, 1.165) is 23.0 Å². The Morgan fingerprint density at radius 2 is 1.50 bits per heavy atom. The van der Waals surface area contributed by atoms with E-state index in [1.54, 1.807) is 4.57 Å². The zero-order chi connectivity index (χ0) is 23.5. The van der Waals surface area contributed by atoms with Gasteiger partial charge in [-0.15, -0.1) is 0 Å². The summed E-state index contributed by atoms with van der Waals surface area (Å²) in [6, 6.07) is 25.6. The largest absolute Gasteiger partial charge is 0.348 e. The van der Waals surface area contributed by atoms with Crippen molar-refractivity contribution in [2.45, 2.75) is 19.9 Å². The van der Waals surface area contributed by atoms with E-state index >= 15 is 0 Å². The Morgan fingerprint density at radius 1 is 0.824 bits per heavy atom. The van der Waals surface area contributed by atoms with Gasteiger partial charge in [0.1, 0.15) is 0 Å². The van der Waals surface area contributed by atoms with Gasteiger partial charge in [-0.2, -0.15) is 0 Å². The Balaban J connectivity index is 1.39. The molecule has 1 aliphatic rings. The molecule has 1 aliphatic heterocycles. The maximum atomic E-state index is 13.6. The fraction of sp³-hybridized carbons (Fsp3) is 0.250. The number of para-hydroxylation sites is 2. The van der Waals surface area contributed by atoms with Crippen LogP contribution in [0, 0.1) is 0 Å². The summed E-state index contributed by atoms with van der Waals surface area (Å²) >= 11 is 0. The van der Waals surface area contributed by atoms with Gasteiger partial charge in [0.15, 0.2) is 5.82 Å². The Kier molecular flexibility index (Phi) is 6.12. The third-order valence-corrected chi connectivity index (χ3v) is 6.49. The molecule has 0 spiro atoms. The fourth-order valence-corrected chi connectivity index (χ4v) is 4.49. The summed E-state index contributed by atoms with van der Waals surface area (Å²) in [5, 5.41) is 0. The molecule has 34 heavy (non-hydrogen) atoms. The molecule has 2 heterocycles. The minimum Gasteiger partial charge on any atom is -0.348 e. The number of carbonyl (C=O) groups is 1. The first-order chi connectivity index (χ1) is 16.6. The van der Waals surface area contributed by atoms with E-state index in [1.807, 2.05) is 88.7 Å². The van der Waals surface area contributed by atoms with Gasteiger partial charge < -0.3 is 9.80 Å². The van der Waals surface area contributed by atoms with Crippen molar-refractivity contribution in [1.82, 2.24) is 14.5 Å². The summed E-state index contributed by atoms with van der Waals surface area (Å²) in [5.74, 6) is 0.490. The Bertz CT molecular complexity index is 1360. The van der Waals surface area contributed by atoms with E-state index in [2.05, 4.69) is 6.92 Å². The molecule has 1 aromatic heterocycles. The SMILES string of the molecule is CCc1ccc(C(=O)N2CCN(c3nc4ccccc4n(Cc4ccccc4)c3=O)CC2)cc1. The van der Waals surface area contributed by atoms with Crippen LogP contribution in [-0.2, 0) is 13.0 Å². The van der Waals surface area contributed by atoms with Crippen molar-refractivity contribution in [3.8, 4) is 0 Å². The number of benzene rings is 3. The minimum absolute atomic E-state index is 0.0373. The topological polar surface area (TPSA) is 58.4 Å². The third-order valence-electron chi connectivity index (χ3n) is 6.49. The molecule has 6 nitrogen and oxygen atoms in total. The Hall–Kier alpha value is -3.93. The lowest BCUT2D eigenvalue weighted by molar-refractivity contribution is 0.0746. The van der Waals surface area contributed by atoms with Crippen molar-refractivity contribution in [3.05, 3.63) is 106 Å². The van der Waals surface area contributed by atoms with E-state index in [0.29, 0.717) is 44.1 Å². The molecule has 4 aromatic rings. The van der Waals surface area contributed by atoms with Crippen molar-refractivity contribution >= 4 is 22.8 Å². The first-order valence-electron chi connectivity index (χ1n) is 11.8. The summed E-state index contributed by atoms with van der Waals surface area (Å²) in [7, 11) is 0. The minimum atomic E-state index is -0.0996. The number of piperazine rings is 1. The number of hydrogen-bond acceptors (Lipinski definition) is 4. The molecule has 5 rings (SSSR count). The lowest BCUT2D eigenvalue weighted by atomic mass is 10.1. The molecule has 3 aromatic carbocycles. The van der Waals surface area contributed by atoms with Crippen molar-refractivity contribution in [1.29, 1.82) is 0 Å². The quantitative estimate of drug-likeness (QED) is 0.460. The highest BCUT2D eigenvalue weighted by Crippen LogP contribution is 2.18. The van der Waals surface area contributed by atoms with Crippen LogP contribution >= 0.6 is 0 Å². The fourth-order valence-electron chi connectivity index (χ4n) is 4.49. The number of carbonyl (C=O) groups excluding carboxylic acids is 1. The van der Waals surface area contributed by atoms with Gasteiger partial charge in [0.05, 0.1) is 17.6 Å². The van der Waals surface area contributed by atoms with Gasteiger partial charge in [0, 0.05) is 31.7 Å². The van der Waals surface area contributed by atoms with Crippen LogP contribution in [0.4, 0.5) is 5.82 Å². The second-order valence-corrected chi connectivity index (χ2v) is 8.63. The second-order valence-electron chi connectivity index (χ2n) is 8.63. The summed E-state index contributed by atoms with van der Waals surface area (Å²) in [6.07, 6.45) is 0.952. The van der Waals surface area contributed by atoms with Gasteiger partial charge >= 0.3 is 0 Å². The van der Waals surface area contributed by atoms with Crippen molar-refractivity contribution in [2.24, 2.45) is 0 Å². The number of nitrogens with zero attached hydrogens (tertiary/aromatic N) is 4. The average Bonchev–Trinajstić information content (AvgIpc) is 2.90. The van der Waals surface area contributed by atoms with Gasteiger partial charge in [-0.05, 0) is 41.8 Å². The highest BCUT2D eigenvalue weighted by molar-refractivity contribution is 5.94. The zero-order valence-electron chi connectivity index (χ0n) is 19.4. The number of amides is 1. The Morgan fingerprint density at radius 3 is 2.21 bits per heavy atom. The number of aromatic nitrogens is 2. The van der Waals surface area contributed by atoms with E-state index in [4.69, 9.17) is 4.98 Å². The van der Waals surface area contributed by atoms with Crippen LogP contribution in [0.5, 0.6) is 0 Å². The lowest BCUT2D eigenvalue weighted by Crippen LogP contribution is -2.50. The van der Waals surface area contributed by atoms with Crippen LogP contribution < -0.4 is 10.5 Å². The van der Waals surface area contributed by atoms with Crippen molar-refractivity contribution in [3.63, 3.8) is 0 Å². The highest BCUT2D eigenvalue weighted by atomic mass is 16.2. The molecule has 0 atom stereocenters. The van der Waals surface area contributed by atoms with E-state index in [9.17, 15) is 9.59 Å². The number of aryl methyl sites for hydroxylation is 1. The predicted octanol–water partition coefficient (Wildman–Crippen LogP) is 3.97. The molecular weight excluding hydrogens is 424 g/mol. The van der Waals surface area contributed by atoms with Crippen LogP contribution in [-0.4, -0.2) is 46.5 Å². The van der Waals surface area contributed by atoms with Crippen molar-refractivity contribution < 1.29 is 4.79 Å². The van der Waals surface area contributed by atoms with Gasteiger partial charge in [-0.25, -0.2) is 4.98 Å². The first-order valence-corrected chi connectivity index (χ1v) is 11.8.